The Morgan fingerprint density at radius 2 is 1.60 bits per heavy atom. The van der Waals surface area contributed by atoms with Crippen molar-refractivity contribution in [3.63, 3.8) is 0 Å². The molecular weight excluding hydrogens is 466 g/mol. The van der Waals surface area contributed by atoms with E-state index in [9.17, 15) is 0 Å². The van der Waals surface area contributed by atoms with Crippen LogP contribution < -0.4 is 14.8 Å². The molecule has 1 N–H and O–H groups in total. The second kappa shape index (κ2) is 12.2. The molecule has 0 aliphatic heterocycles. The van der Waals surface area contributed by atoms with Gasteiger partial charge in [-0.1, -0.05) is 40.9 Å². The second-order valence-corrected chi connectivity index (χ2v) is 7.57. The number of hydrogen-bond donors (Lipinski definition) is 1. The molecule has 0 amide bonds. The molecule has 8 heteroatoms. The molecule has 1 aromatic heterocycles. The van der Waals surface area contributed by atoms with Gasteiger partial charge in [-0.3, -0.25) is 4.98 Å². The summed E-state index contributed by atoms with van der Waals surface area (Å²) in [6.45, 7) is 4.06. The highest BCUT2D eigenvalue weighted by atomic mass is 35.5. The zero-order valence-corrected chi connectivity index (χ0v) is 19.4. The molecule has 30 heavy (non-hydrogen) atoms. The van der Waals surface area contributed by atoms with Gasteiger partial charge in [-0.2, -0.15) is 0 Å². The van der Waals surface area contributed by atoms with Gasteiger partial charge in [-0.05, 0) is 54.4 Å². The van der Waals surface area contributed by atoms with Gasteiger partial charge in [0.2, 0.25) is 0 Å². The number of ether oxygens (including phenoxy) is 2. The highest BCUT2D eigenvalue weighted by Gasteiger charge is 2.14. The van der Waals surface area contributed by atoms with Gasteiger partial charge in [-0.15, -0.1) is 12.4 Å². The third kappa shape index (κ3) is 6.93. The van der Waals surface area contributed by atoms with Crippen molar-refractivity contribution in [2.75, 3.05) is 6.61 Å². The van der Waals surface area contributed by atoms with E-state index in [1.807, 2.05) is 37.3 Å². The lowest BCUT2D eigenvalue weighted by Crippen LogP contribution is -2.13. The minimum absolute atomic E-state index is 0. The zero-order valence-electron chi connectivity index (χ0n) is 16.3. The summed E-state index contributed by atoms with van der Waals surface area (Å²) in [4.78, 5) is 4.02. The average Bonchev–Trinajstić information content (AvgIpc) is 2.70. The van der Waals surface area contributed by atoms with Crippen LogP contribution in [-0.4, -0.2) is 11.6 Å². The Labute approximate surface area is 197 Å². The molecule has 4 nitrogen and oxygen atoms in total. The third-order valence-electron chi connectivity index (χ3n) is 4.16. The standard InChI is InChI=1S/C22H21Cl3N2O2.ClH/c1-2-28-21-10-16(13-27-12-15-5-7-26-8-6-15)9-20(25)22(21)29-14-17-3-4-18(23)11-19(17)24;/h3-11,27H,2,12-14H2,1H3;1H. The smallest absolute Gasteiger partial charge is 0.180 e. The Kier molecular flexibility index (Phi) is 10.0. The van der Waals surface area contributed by atoms with Crippen LogP contribution in [-0.2, 0) is 19.7 Å². The van der Waals surface area contributed by atoms with E-state index in [1.165, 1.54) is 0 Å². The maximum Gasteiger partial charge on any atom is 0.180 e. The number of pyridine rings is 1. The molecule has 0 bridgehead atoms. The monoisotopic (exact) mass is 486 g/mol. The van der Waals surface area contributed by atoms with Gasteiger partial charge in [0.25, 0.3) is 0 Å². The molecule has 0 aliphatic carbocycles. The van der Waals surface area contributed by atoms with Crippen LogP contribution in [0.15, 0.2) is 54.9 Å². The Hall–Kier alpha value is -1.69. The number of hydrogen-bond acceptors (Lipinski definition) is 4. The Balaban J connectivity index is 0.00000320. The van der Waals surface area contributed by atoms with Gasteiger partial charge in [0.1, 0.15) is 6.61 Å². The molecule has 0 saturated heterocycles. The van der Waals surface area contributed by atoms with E-state index >= 15 is 0 Å². The zero-order chi connectivity index (χ0) is 20.6. The maximum atomic E-state index is 6.50. The van der Waals surface area contributed by atoms with E-state index in [1.54, 1.807) is 24.5 Å². The number of aromatic nitrogens is 1. The summed E-state index contributed by atoms with van der Waals surface area (Å²) >= 11 is 18.7. The van der Waals surface area contributed by atoms with Crippen LogP contribution in [0.1, 0.15) is 23.6 Å². The molecule has 0 saturated carbocycles. The van der Waals surface area contributed by atoms with E-state index in [2.05, 4.69) is 10.3 Å². The van der Waals surface area contributed by atoms with Crippen molar-refractivity contribution in [3.8, 4) is 11.5 Å². The molecule has 0 aliphatic rings. The summed E-state index contributed by atoms with van der Waals surface area (Å²) in [5.74, 6) is 1.10. The quantitative estimate of drug-likeness (QED) is 0.363. The van der Waals surface area contributed by atoms with E-state index in [4.69, 9.17) is 44.3 Å². The van der Waals surface area contributed by atoms with Crippen molar-refractivity contribution in [2.24, 2.45) is 0 Å². The van der Waals surface area contributed by atoms with Crippen LogP contribution in [0, 0.1) is 0 Å². The van der Waals surface area contributed by atoms with E-state index in [0.29, 0.717) is 39.7 Å². The van der Waals surface area contributed by atoms with E-state index in [-0.39, 0.29) is 19.0 Å². The normalized spacial score (nSPS) is 10.4. The fourth-order valence-electron chi connectivity index (χ4n) is 2.77. The first-order valence-electron chi connectivity index (χ1n) is 9.18. The molecule has 0 atom stereocenters. The number of rotatable bonds is 9. The fraction of sp³-hybridized carbons (Fsp3) is 0.227. The van der Waals surface area contributed by atoms with Crippen molar-refractivity contribution < 1.29 is 9.47 Å². The van der Waals surface area contributed by atoms with Crippen LogP contribution in [0.2, 0.25) is 15.1 Å². The van der Waals surface area contributed by atoms with Gasteiger partial charge < -0.3 is 14.8 Å². The maximum absolute atomic E-state index is 6.50. The summed E-state index contributed by atoms with van der Waals surface area (Å²) < 4.78 is 11.7. The molecule has 0 spiro atoms. The van der Waals surface area contributed by atoms with E-state index < -0.39 is 0 Å². The van der Waals surface area contributed by atoms with Crippen molar-refractivity contribution >= 4 is 47.2 Å². The Morgan fingerprint density at radius 1 is 0.867 bits per heavy atom. The number of benzene rings is 2. The SMILES string of the molecule is CCOc1cc(CNCc2ccncc2)cc(Cl)c1OCc1ccc(Cl)cc1Cl.Cl. The summed E-state index contributed by atoms with van der Waals surface area (Å²) in [7, 11) is 0. The van der Waals surface area contributed by atoms with Crippen LogP contribution in [0.3, 0.4) is 0 Å². The predicted molar refractivity (Wildman–Crippen MR) is 125 cm³/mol. The van der Waals surface area contributed by atoms with Crippen LogP contribution in [0.4, 0.5) is 0 Å². The molecule has 160 valence electrons. The summed E-state index contributed by atoms with van der Waals surface area (Å²) in [5, 5.41) is 5.00. The summed E-state index contributed by atoms with van der Waals surface area (Å²) in [6, 6.07) is 13.1. The van der Waals surface area contributed by atoms with Gasteiger partial charge in [0, 0.05) is 41.1 Å². The van der Waals surface area contributed by atoms with Crippen molar-refractivity contribution in [3.05, 3.63) is 86.6 Å². The molecule has 1 heterocycles. The number of nitrogens with one attached hydrogen (secondary N) is 1. The lowest BCUT2D eigenvalue weighted by Gasteiger charge is -2.16. The minimum Gasteiger partial charge on any atom is -0.490 e. The molecule has 3 rings (SSSR count). The minimum atomic E-state index is 0. The largest absolute Gasteiger partial charge is 0.490 e. The van der Waals surface area contributed by atoms with Crippen molar-refractivity contribution in [1.29, 1.82) is 0 Å². The van der Waals surface area contributed by atoms with Gasteiger partial charge >= 0.3 is 0 Å². The van der Waals surface area contributed by atoms with Crippen molar-refractivity contribution in [1.82, 2.24) is 10.3 Å². The fourth-order valence-corrected chi connectivity index (χ4v) is 3.52. The van der Waals surface area contributed by atoms with Crippen LogP contribution >= 0.6 is 47.2 Å². The first-order valence-corrected chi connectivity index (χ1v) is 10.3. The Bertz CT molecular complexity index is 955. The second-order valence-electron chi connectivity index (χ2n) is 6.32. The number of halogens is 4. The van der Waals surface area contributed by atoms with Gasteiger partial charge in [-0.25, -0.2) is 0 Å². The summed E-state index contributed by atoms with van der Waals surface area (Å²) in [6.07, 6.45) is 3.56. The molecule has 2 aromatic carbocycles. The van der Waals surface area contributed by atoms with Gasteiger partial charge in [0.15, 0.2) is 11.5 Å². The van der Waals surface area contributed by atoms with Crippen LogP contribution in [0.5, 0.6) is 11.5 Å². The van der Waals surface area contributed by atoms with E-state index in [0.717, 1.165) is 23.2 Å². The highest BCUT2D eigenvalue weighted by Crippen LogP contribution is 2.37. The van der Waals surface area contributed by atoms with Crippen molar-refractivity contribution in [2.45, 2.75) is 26.6 Å². The number of nitrogens with zero attached hydrogens (tertiary/aromatic N) is 1. The molecular formula is C22H22Cl4N2O2. The first kappa shape index (κ1) is 24.6. The Morgan fingerprint density at radius 3 is 2.30 bits per heavy atom. The molecule has 0 unspecified atom stereocenters. The molecule has 3 aromatic rings. The lowest BCUT2D eigenvalue weighted by molar-refractivity contribution is 0.269. The third-order valence-corrected chi connectivity index (χ3v) is 5.03. The predicted octanol–water partition coefficient (Wildman–Crippen LogP) is 6.73. The molecule has 0 radical (unpaired) electrons. The van der Waals surface area contributed by atoms with Gasteiger partial charge in [0.05, 0.1) is 11.6 Å². The first-order chi connectivity index (χ1) is 14.1. The lowest BCUT2D eigenvalue weighted by atomic mass is 10.2. The molecule has 0 fully saturated rings. The highest BCUT2D eigenvalue weighted by molar-refractivity contribution is 6.35. The van der Waals surface area contributed by atoms with Crippen LogP contribution in [0.25, 0.3) is 0 Å². The average molecular weight is 488 g/mol. The summed E-state index contributed by atoms with van der Waals surface area (Å²) in [5.41, 5.74) is 2.98. The topological polar surface area (TPSA) is 43.4 Å².